The average molecular weight is 485 g/mol. The van der Waals surface area contributed by atoms with Gasteiger partial charge >= 0.3 is 11.9 Å². The molecule has 0 aliphatic carbocycles. The Kier molecular flexibility index (Phi) is 8.42. The summed E-state index contributed by atoms with van der Waals surface area (Å²) in [7, 11) is 0. The van der Waals surface area contributed by atoms with Gasteiger partial charge in [-0.15, -0.1) is 11.8 Å². The molecule has 0 aromatic heterocycles. The van der Waals surface area contributed by atoms with E-state index < -0.39 is 23.1 Å². The van der Waals surface area contributed by atoms with Gasteiger partial charge in [0.05, 0.1) is 41.0 Å². The zero-order valence-electron chi connectivity index (χ0n) is 18.7. The van der Waals surface area contributed by atoms with Crippen LogP contribution in [0.1, 0.15) is 41.0 Å². The van der Waals surface area contributed by atoms with Gasteiger partial charge in [0.25, 0.3) is 0 Å². The van der Waals surface area contributed by atoms with Crippen molar-refractivity contribution in [1.29, 1.82) is 0 Å². The van der Waals surface area contributed by atoms with Crippen LogP contribution in [0.15, 0.2) is 48.5 Å². The Hall–Kier alpha value is -3.66. The predicted molar refractivity (Wildman–Crippen MR) is 127 cm³/mol. The quantitative estimate of drug-likeness (QED) is 0.426. The number of amides is 3. The molecular weight excluding hydrogens is 460 g/mol. The summed E-state index contributed by atoms with van der Waals surface area (Å²) in [4.78, 5) is 62.1. The van der Waals surface area contributed by atoms with E-state index in [1.54, 1.807) is 38.1 Å². The molecule has 2 aromatic rings. The van der Waals surface area contributed by atoms with E-state index >= 15 is 0 Å². The van der Waals surface area contributed by atoms with E-state index in [1.165, 1.54) is 24.3 Å². The van der Waals surface area contributed by atoms with Crippen LogP contribution in [-0.4, -0.2) is 53.9 Å². The molecular formula is C24H24N2O7S. The molecule has 1 N–H and O–H groups in total. The molecule has 0 radical (unpaired) electrons. The first-order chi connectivity index (χ1) is 16.3. The van der Waals surface area contributed by atoms with Crippen LogP contribution in [0.3, 0.4) is 0 Å². The number of imide groups is 1. The summed E-state index contributed by atoms with van der Waals surface area (Å²) in [6, 6.07) is 12.3. The zero-order valence-corrected chi connectivity index (χ0v) is 19.6. The van der Waals surface area contributed by atoms with Gasteiger partial charge in [0.2, 0.25) is 17.7 Å². The van der Waals surface area contributed by atoms with Gasteiger partial charge in [0, 0.05) is 12.1 Å². The minimum absolute atomic E-state index is 0.0232. The minimum Gasteiger partial charge on any atom is -0.462 e. The molecule has 10 heteroatoms. The summed E-state index contributed by atoms with van der Waals surface area (Å²) in [6.07, 6.45) is -0.0232. The number of benzene rings is 2. The molecule has 1 aliphatic heterocycles. The molecule has 1 unspecified atom stereocenters. The number of carbonyl (C=O) groups excluding carboxylic acids is 5. The van der Waals surface area contributed by atoms with Crippen LogP contribution < -0.4 is 10.2 Å². The van der Waals surface area contributed by atoms with Crippen LogP contribution >= 0.6 is 11.8 Å². The molecule has 1 heterocycles. The number of anilines is 2. The fourth-order valence-electron chi connectivity index (χ4n) is 3.24. The van der Waals surface area contributed by atoms with Crippen molar-refractivity contribution in [3.05, 3.63) is 59.7 Å². The van der Waals surface area contributed by atoms with Gasteiger partial charge in [-0.05, 0) is 62.4 Å². The lowest BCUT2D eigenvalue weighted by Gasteiger charge is -2.15. The number of nitrogens with one attached hydrogen (secondary N) is 1. The number of rotatable bonds is 9. The Labute approximate surface area is 200 Å². The number of hydrogen-bond acceptors (Lipinski definition) is 8. The third-order valence-electron chi connectivity index (χ3n) is 4.84. The van der Waals surface area contributed by atoms with Gasteiger partial charge < -0.3 is 14.8 Å². The van der Waals surface area contributed by atoms with Crippen LogP contribution in [0.2, 0.25) is 0 Å². The Morgan fingerprint density at radius 2 is 1.44 bits per heavy atom. The average Bonchev–Trinajstić information content (AvgIpc) is 3.11. The first-order valence-electron chi connectivity index (χ1n) is 10.7. The molecule has 0 spiro atoms. The second kappa shape index (κ2) is 11.5. The summed E-state index contributed by atoms with van der Waals surface area (Å²) in [6.45, 7) is 3.93. The van der Waals surface area contributed by atoms with Crippen molar-refractivity contribution >= 4 is 52.8 Å². The van der Waals surface area contributed by atoms with E-state index in [0.29, 0.717) is 22.5 Å². The van der Waals surface area contributed by atoms with Crippen LogP contribution in [0.4, 0.5) is 11.4 Å². The fraction of sp³-hybridized carbons (Fsp3) is 0.292. The first kappa shape index (κ1) is 25.0. The number of esters is 2. The molecule has 1 aliphatic rings. The lowest BCUT2D eigenvalue weighted by Crippen LogP contribution is -2.31. The maximum absolute atomic E-state index is 12.8. The normalized spacial score (nSPS) is 15.2. The highest BCUT2D eigenvalue weighted by molar-refractivity contribution is 8.01. The van der Waals surface area contributed by atoms with E-state index in [-0.39, 0.29) is 37.2 Å². The van der Waals surface area contributed by atoms with Crippen molar-refractivity contribution < 1.29 is 33.4 Å². The highest BCUT2D eigenvalue weighted by atomic mass is 32.2. The fourth-order valence-corrected chi connectivity index (χ4v) is 4.18. The van der Waals surface area contributed by atoms with Gasteiger partial charge in [-0.25, -0.2) is 14.5 Å². The summed E-state index contributed by atoms with van der Waals surface area (Å²) >= 11 is 1.08. The number of carbonyl (C=O) groups is 5. The Balaban J connectivity index is 1.54. The lowest BCUT2D eigenvalue weighted by molar-refractivity contribution is -0.121. The van der Waals surface area contributed by atoms with Crippen molar-refractivity contribution in [3.8, 4) is 0 Å². The third kappa shape index (κ3) is 6.02. The summed E-state index contributed by atoms with van der Waals surface area (Å²) in [5, 5.41) is 2.01. The van der Waals surface area contributed by atoms with Crippen molar-refractivity contribution in [1.82, 2.24) is 0 Å². The lowest BCUT2D eigenvalue weighted by atomic mass is 10.2. The summed E-state index contributed by atoms with van der Waals surface area (Å²) in [5.74, 6) is -2.08. The summed E-state index contributed by atoms with van der Waals surface area (Å²) < 4.78 is 9.84. The molecule has 34 heavy (non-hydrogen) atoms. The number of hydrogen-bond donors (Lipinski definition) is 1. The largest absolute Gasteiger partial charge is 0.462 e. The molecule has 178 valence electrons. The van der Waals surface area contributed by atoms with Gasteiger partial charge in [-0.2, -0.15) is 0 Å². The van der Waals surface area contributed by atoms with Crippen LogP contribution in [0, 0.1) is 0 Å². The molecule has 9 nitrogen and oxygen atoms in total. The van der Waals surface area contributed by atoms with Gasteiger partial charge in [0.15, 0.2) is 0 Å². The Bertz CT molecular complexity index is 1080. The Morgan fingerprint density at radius 1 is 0.912 bits per heavy atom. The van der Waals surface area contributed by atoms with Crippen molar-refractivity contribution in [2.45, 2.75) is 25.5 Å². The molecule has 0 saturated carbocycles. The molecule has 1 fully saturated rings. The Morgan fingerprint density at radius 3 is 1.97 bits per heavy atom. The van der Waals surface area contributed by atoms with Crippen molar-refractivity contribution in [2.75, 3.05) is 29.2 Å². The molecule has 3 amide bonds. The second-order valence-electron chi connectivity index (χ2n) is 7.18. The first-order valence-corrected chi connectivity index (χ1v) is 11.7. The summed E-state index contributed by atoms with van der Waals surface area (Å²) in [5.41, 5.74) is 1.55. The number of thioether (sulfide) groups is 1. The smallest absolute Gasteiger partial charge is 0.338 e. The number of ether oxygens (including phenoxy) is 2. The van der Waals surface area contributed by atoms with Gasteiger partial charge in [-0.3, -0.25) is 14.4 Å². The van der Waals surface area contributed by atoms with Gasteiger partial charge in [-0.1, -0.05) is 0 Å². The minimum atomic E-state index is -0.686. The monoisotopic (exact) mass is 484 g/mol. The zero-order chi connectivity index (χ0) is 24.7. The SMILES string of the molecule is CCOC(=O)c1ccc(NC(=O)CSC2CC(=O)N(c3ccc(C(=O)OCC)cc3)C2=O)cc1. The van der Waals surface area contributed by atoms with Crippen LogP contribution in [-0.2, 0) is 23.9 Å². The van der Waals surface area contributed by atoms with E-state index in [4.69, 9.17) is 9.47 Å². The predicted octanol–water partition coefficient (Wildman–Crippen LogP) is 3.04. The van der Waals surface area contributed by atoms with Crippen molar-refractivity contribution in [3.63, 3.8) is 0 Å². The topological polar surface area (TPSA) is 119 Å². The maximum Gasteiger partial charge on any atom is 0.338 e. The van der Waals surface area contributed by atoms with Crippen molar-refractivity contribution in [2.24, 2.45) is 0 Å². The molecule has 3 rings (SSSR count). The van der Waals surface area contributed by atoms with E-state index in [1.807, 2.05) is 0 Å². The van der Waals surface area contributed by atoms with E-state index in [9.17, 15) is 24.0 Å². The van der Waals surface area contributed by atoms with Crippen LogP contribution in [0.25, 0.3) is 0 Å². The van der Waals surface area contributed by atoms with Gasteiger partial charge in [0.1, 0.15) is 0 Å². The third-order valence-corrected chi connectivity index (χ3v) is 6.04. The standard InChI is InChI=1S/C24H24N2O7S/c1-3-32-23(30)15-5-9-17(10-6-15)25-20(27)14-34-19-13-21(28)26(22(19)29)18-11-7-16(8-12-18)24(31)33-4-2/h5-12,19H,3-4,13-14H2,1-2H3,(H,25,27). The maximum atomic E-state index is 12.8. The van der Waals surface area contributed by atoms with E-state index in [2.05, 4.69) is 5.32 Å². The van der Waals surface area contributed by atoms with E-state index in [0.717, 1.165) is 16.7 Å². The second-order valence-corrected chi connectivity index (χ2v) is 8.38. The highest BCUT2D eigenvalue weighted by Gasteiger charge is 2.40. The van der Waals surface area contributed by atoms with Crippen LogP contribution in [0.5, 0.6) is 0 Å². The molecule has 1 saturated heterocycles. The molecule has 2 aromatic carbocycles. The number of nitrogens with zero attached hydrogens (tertiary/aromatic N) is 1. The highest BCUT2D eigenvalue weighted by Crippen LogP contribution is 2.30. The molecule has 0 bridgehead atoms. The molecule has 1 atom stereocenters.